The number of nitrogens with zero attached hydrogens (tertiary/aromatic N) is 1. The fourth-order valence-electron chi connectivity index (χ4n) is 2.96. The SMILES string of the molecule is Cc1ccc(C(=O)NC2CC2)cc1-c1cnc(NC(C)(C)CO)c(OC(C)C)c1. The maximum Gasteiger partial charge on any atom is 0.251 e. The summed E-state index contributed by atoms with van der Waals surface area (Å²) >= 11 is 0. The van der Waals surface area contributed by atoms with Crippen LogP contribution in [0, 0.1) is 6.92 Å². The molecule has 1 heterocycles. The van der Waals surface area contributed by atoms with Crippen molar-refractivity contribution >= 4 is 11.7 Å². The minimum Gasteiger partial charge on any atom is -0.487 e. The lowest BCUT2D eigenvalue weighted by Gasteiger charge is -2.26. The molecule has 0 aliphatic heterocycles. The zero-order valence-corrected chi connectivity index (χ0v) is 17.9. The first-order valence-corrected chi connectivity index (χ1v) is 10.2. The van der Waals surface area contributed by atoms with Crippen molar-refractivity contribution in [1.82, 2.24) is 10.3 Å². The van der Waals surface area contributed by atoms with Gasteiger partial charge in [0, 0.05) is 23.4 Å². The van der Waals surface area contributed by atoms with E-state index in [9.17, 15) is 9.90 Å². The standard InChI is InChI=1S/C23H31N3O3/c1-14(2)29-20-11-17(12-24-21(20)26-23(4,5)13-27)19-10-16(7-6-15(19)3)22(28)25-18-8-9-18/h6-7,10-12,14,18,27H,8-9,13H2,1-5H3,(H,24,26)(H,25,28). The van der Waals surface area contributed by atoms with Gasteiger partial charge in [-0.05, 0) is 76.8 Å². The number of carbonyl (C=O) groups is 1. The second-order valence-electron chi connectivity index (χ2n) is 8.68. The highest BCUT2D eigenvalue weighted by atomic mass is 16.5. The number of aromatic nitrogens is 1. The van der Waals surface area contributed by atoms with Crippen molar-refractivity contribution in [3.63, 3.8) is 0 Å². The number of hydrogen-bond acceptors (Lipinski definition) is 5. The molecule has 1 aromatic heterocycles. The second-order valence-corrected chi connectivity index (χ2v) is 8.68. The van der Waals surface area contributed by atoms with Crippen LogP contribution in [0.1, 0.15) is 56.5 Å². The fourth-order valence-corrected chi connectivity index (χ4v) is 2.96. The molecule has 1 saturated carbocycles. The third kappa shape index (κ3) is 5.48. The minimum atomic E-state index is -0.527. The highest BCUT2D eigenvalue weighted by Gasteiger charge is 2.24. The van der Waals surface area contributed by atoms with Crippen molar-refractivity contribution in [2.75, 3.05) is 11.9 Å². The van der Waals surface area contributed by atoms with Crippen LogP contribution >= 0.6 is 0 Å². The van der Waals surface area contributed by atoms with Gasteiger partial charge in [0.05, 0.1) is 18.2 Å². The molecule has 3 N–H and O–H groups in total. The summed E-state index contributed by atoms with van der Waals surface area (Å²) in [6, 6.07) is 7.98. The number of benzene rings is 1. The van der Waals surface area contributed by atoms with E-state index in [1.165, 1.54) is 0 Å². The summed E-state index contributed by atoms with van der Waals surface area (Å²) < 4.78 is 5.99. The molecule has 0 radical (unpaired) electrons. The number of nitrogens with one attached hydrogen (secondary N) is 2. The monoisotopic (exact) mass is 397 g/mol. The van der Waals surface area contributed by atoms with Crippen LogP contribution in [-0.4, -0.2) is 40.3 Å². The van der Waals surface area contributed by atoms with Gasteiger partial charge in [0.1, 0.15) is 0 Å². The predicted octanol–water partition coefficient (Wildman–Crippen LogP) is 3.92. The Labute approximate surface area is 172 Å². The number of carbonyl (C=O) groups excluding carboxylic acids is 1. The van der Waals surface area contributed by atoms with Gasteiger partial charge in [-0.2, -0.15) is 0 Å². The Morgan fingerprint density at radius 2 is 2.03 bits per heavy atom. The molecule has 1 amide bonds. The first kappa shape index (κ1) is 21.1. The van der Waals surface area contributed by atoms with Gasteiger partial charge in [-0.25, -0.2) is 4.98 Å². The number of rotatable bonds is 8. The summed E-state index contributed by atoms with van der Waals surface area (Å²) in [6.45, 7) is 9.70. The lowest BCUT2D eigenvalue weighted by molar-refractivity contribution is 0.0951. The molecule has 0 unspecified atom stereocenters. The molecule has 0 bridgehead atoms. The lowest BCUT2D eigenvalue weighted by Crippen LogP contribution is -2.35. The molecular formula is C23H31N3O3. The first-order valence-electron chi connectivity index (χ1n) is 10.2. The van der Waals surface area contributed by atoms with E-state index in [2.05, 4.69) is 15.6 Å². The number of pyridine rings is 1. The molecular weight excluding hydrogens is 366 g/mol. The topological polar surface area (TPSA) is 83.5 Å². The van der Waals surface area contributed by atoms with E-state index < -0.39 is 5.54 Å². The smallest absolute Gasteiger partial charge is 0.251 e. The molecule has 3 rings (SSSR count). The molecule has 156 valence electrons. The average Bonchev–Trinajstić information content (AvgIpc) is 3.47. The molecule has 0 atom stereocenters. The maximum absolute atomic E-state index is 12.5. The van der Waals surface area contributed by atoms with Gasteiger partial charge in [0.2, 0.25) is 0 Å². The number of anilines is 1. The average molecular weight is 398 g/mol. The highest BCUT2D eigenvalue weighted by Crippen LogP contribution is 2.33. The van der Waals surface area contributed by atoms with E-state index in [4.69, 9.17) is 4.74 Å². The summed E-state index contributed by atoms with van der Waals surface area (Å²) in [5.41, 5.74) is 3.00. The Balaban J connectivity index is 1.96. The van der Waals surface area contributed by atoms with Gasteiger partial charge in [-0.3, -0.25) is 4.79 Å². The van der Waals surface area contributed by atoms with Crippen molar-refractivity contribution in [2.45, 2.75) is 65.1 Å². The van der Waals surface area contributed by atoms with Crippen molar-refractivity contribution in [3.05, 3.63) is 41.6 Å². The van der Waals surface area contributed by atoms with Crippen LogP contribution < -0.4 is 15.4 Å². The van der Waals surface area contributed by atoms with E-state index in [-0.39, 0.29) is 18.6 Å². The predicted molar refractivity (Wildman–Crippen MR) is 115 cm³/mol. The van der Waals surface area contributed by atoms with Gasteiger partial charge in [-0.15, -0.1) is 0 Å². The fraction of sp³-hybridized carbons (Fsp3) is 0.478. The van der Waals surface area contributed by atoms with Gasteiger partial charge < -0.3 is 20.5 Å². The van der Waals surface area contributed by atoms with Crippen LogP contribution in [0.25, 0.3) is 11.1 Å². The van der Waals surface area contributed by atoms with Crippen molar-refractivity contribution in [3.8, 4) is 16.9 Å². The Hall–Kier alpha value is -2.60. The van der Waals surface area contributed by atoms with E-state index in [1.54, 1.807) is 6.20 Å². The number of ether oxygens (including phenoxy) is 1. The molecule has 6 nitrogen and oxygen atoms in total. The van der Waals surface area contributed by atoms with Crippen LogP contribution in [0.4, 0.5) is 5.82 Å². The lowest BCUT2D eigenvalue weighted by atomic mass is 9.98. The minimum absolute atomic E-state index is 0.0263. The van der Waals surface area contributed by atoms with Crippen molar-refractivity contribution in [1.29, 1.82) is 0 Å². The molecule has 6 heteroatoms. The second kappa shape index (κ2) is 8.41. The van der Waals surface area contributed by atoms with Gasteiger partial charge >= 0.3 is 0 Å². The maximum atomic E-state index is 12.5. The summed E-state index contributed by atoms with van der Waals surface area (Å²) in [4.78, 5) is 17.0. The summed E-state index contributed by atoms with van der Waals surface area (Å²) in [5, 5.41) is 15.9. The van der Waals surface area contributed by atoms with E-state index in [0.717, 1.165) is 29.5 Å². The molecule has 1 aliphatic carbocycles. The summed E-state index contributed by atoms with van der Waals surface area (Å²) in [5.74, 6) is 1.16. The Morgan fingerprint density at radius 1 is 1.31 bits per heavy atom. The molecule has 0 saturated heterocycles. The summed E-state index contributed by atoms with van der Waals surface area (Å²) in [6.07, 6.45) is 3.86. The number of aliphatic hydroxyl groups excluding tert-OH is 1. The third-order valence-corrected chi connectivity index (χ3v) is 4.79. The van der Waals surface area contributed by atoms with Gasteiger partial charge in [0.25, 0.3) is 5.91 Å². The van der Waals surface area contributed by atoms with Crippen LogP contribution in [0.5, 0.6) is 5.75 Å². The molecule has 1 fully saturated rings. The molecule has 0 spiro atoms. The van der Waals surface area contributed by atoms with E-state index >= 15 is 0 Å². The van der Waals surface area contributed by atoms with Crippen molar-refractivity contribution < 1.29 is 14.6 Å². The third-order valence-electron chi connectivity index (χ3n) is 4.79. The Bertz CT molecular complexity index is 889. The molecule has 1 aliphatic rings. The number of amides is 1. The van der Waals surface area contributed by atoms with Crippen LogP contribution in [-0.2, 0) is 0 Å². The molecule has 1 aromatic carbocycles. The number of aliphatic hydroxyl groups is 1. The van der Waals surface area contributed by atoms with Crippen LogP contribution in [0.2, 0.25) is 0 Å². The first-order chi connectivity index (χ1) is 13.7. The Kier molecular flexibility index (Phi) is 6.13. The zero-order chi connectivity index (χ0) is 21.2. The zero-order valence-electron chi connectivity index (χ0n) is 17.9. The van der Waals surface area contributed by atoms with Crippen molar-refractivity contribution in [2.24, 2.45) is 0 Å². The van der Waals surface area contributed by atoms with Crippen LogP contribution in [0.15, 0.2) is 30.5 Å². The van der Waals surface area contributed by atoms with Crippen LogP contribution in [0.3, 0.4) is 0 Å². The van der Waals surface area contributed by atoms with Gasteiger partial charge in [0.15, 0.2) is 11.6 Å². The quantitative estimate of drug-likeness (QED) is 0.629. The largest absolute Gasteiger partial charge is 0.487 e. The normalized spacial score (nSPS) is 14.0. The van der Waals surface area contributed by atoms with E-state index in [1.807, 2.05) is 58.9 Å². The molecule has 29 heavy (non-hydrogen) atoms. The highest BCUT2D eigenvalue weighted by molar-refractivity contribution is 5.96. The van der Waals surface area contributed by atoms with Gasteiger partial charge in [-0.1, -0.05) is 6.07 Å². The molecule has 2 aromatic rings. The van der Waals surface area contributed by atoms with E-state index in [0.29, 0.717) is 23.2 Å². The Morgan fingerprint density at radius 3 is 2.66 bits per heavy atom. The number of hydrogen-bond donors (Lipinski definition) is 3. The number of aryl methyl sites for hydroxylation is 1. The summed E-state index contributed by atoms with van der Waals surface area (Å²) in [7, 11) is 0.